The van der Waals surface area contributed by atoms with Gasteiger partial charge >= 0.3 is 0 Å². The van der Waals surface area contributed by atoms with Crippen LogP contribution in [0.25, 0.3) is 11.0 Å². The van der Waals surface area contributed by atoms with E-state index in [9.17, 15) is 14.9 Å². The van der Waals surface area contributed by atoms with Gasteiger partial charge in [0.15, 0.2) is 5.78 Å². The van der Waals surface area contributed by atoms with Crippen LogP contribution in [0.5, 0.6) is 0 Å². The molecule has 0 N–H and O–H groups in total. The Morgan fingerprint density at radius 1 is 1.16 bits per heavy atom. The molecule has 0 spiro atoms. The van der Waals surface area contributed by atoms with Gasteiger partial charge in [0.2, 0.25) is 5.91 Å². The summed E-state index contributed by atoms with van der Waals surface area (Å²) in [4.78, 5) is 33.4. The number of benzene rings is 1. The molecular formula is C32H38N4O2. The van der Waals surface area contributed by atoms with Crippen LogP contribution in [-0.4, -0.2) is 38.2 Å². The van der Waals surface area contributed by atoms with Gasteiger partial charge in [-0.2, -0.15) is 5.26 Å². The number of aryl methyl sites for hydroxylation is 3. The summed E-state index contributed by atoms with van der Waals surface area (Å²) in [6, 6.07) is 7.50. The molecule has 38 heavy (non-hydrogen) atoms. The smallest absolute Gasteiger partial charge is 0.226 e. The van der Waals surface area contributed by atoms with Crippen LogP contribution < -0.4 is 0 Å². The molecule has 0 bridgehead atoms. The molecular weight excluding hydrogens is 472 g/mol. The number of nitrogens with zero attached hydrogens (tertiary/aromatic N) is 4. The lowest BCUT2D eigenvalue weighted by Crippen LogP contribution is -2.53. The number of Topliss-reactive ketones (excluding diaryl/α,β-unsaturated/α-hetero) is 1. The van der Waals surface area contributed by atoms with Crippen LogP contribution in [0.15, 0.2) is 30.6 Å². The van der Waals surface area contributed by atoms with E-state index in [0.29, 0.717) is 23.0 Å². The average Bonchev–Trinajstić information content (AvgIpc) is 3.54. The van der Waals surface area contributed by atoms with Gasteiger partial charge in [-0.15, -0.1) is 0 Å². The lowest BCUT2D eigenvalue weighted by molar-refractivity contribution is -0.143. The maximum absolute atomic E-state index is 13.3. The number of pyridine rings is 1. The van der Waals surface area contributed by atoms with E-state index >= 15 is 0 Å². The number of carbonyl (C=O) groups is 2. The molecule has 1 aliphatic heterocycles. The van der Waals surface area contributed by atoms with Gasteiger partial charge in [0, 0.05) is 54.8 Å². The first-order valence-electron chi connectivity index (χ1n) is 13.9. The van der Waals surface area contributed by atoms with Crippen molar-refractivity contribution < 1.29 is 9.59 Å². The Balaban J connectivity index is 1.43. The van der Waals surface area contributed by atoms with Crippen LogP contribution in [0.4, 0.5) is 0 Å². The Hall–Kier alpha value is -3.46. The number of carbonyl (C=O) groups excluding carboxylic acids is 2. The van der Waals surface area contributed by atoms with Crippen LogP contribution >= 0.6 is 0 Å². The van der Waals surface area contributed by atoms with Gasteiger partial charge in [-0.25, -0.2) is 4.98 Å². The Bertz CT molecular complexity index is 1450. The summed E-state index contributed by atoms with van der Waals surface area (Å²) in [6.07, 6.45) is 10.5. The van der Waals surface area contributed by atoms with Crippen molar-refractivity contribution in [3.05, 3.63) is 64.0 Å². The second-order valence-corrected chi connectivity index (χ2v) is 12.0. The summed E-state index contributed by atoms with van der Waals surface area (Å²) in [7, 11) is 2.03. The summed E-state index contributed by atoms with van der Waals surface area (Å²) < 4.78 is 2.09. The molecule has 6 heteroatoms. The SMILES string of the molecule is Cc1ccc(C(=O)Cc2cnc3c(c([C@@H]4CCN(C(=O)C5CCCC5)C(C)(C)C4)cn3C)c2C)cc1C#N. The van der Waals surface area contributed by atoms with Gasteiger partial charge in [-0.05, 0) is 87.6 Å². The highest BCUT2D eigenvalue weighted by atomic mass is 16.2. The van der Waals surface area contributed by atoms with E-state index < -0.39 is 0 Å². The van der Waals surface area contributed by atoms with Gasteiger partial charge in [-0.3, -0.25) is 9.59 Å². The highest BCUT2D eigenvalue weighted by molar-refractivity contribution is 5.99. The van der Waals surface area contributed by atoms with Crippen molar-refractivity contribution in [3.63, 3.8) is 0 Å². The predicted octanol–water partition coefficient (Wildman–Crippen LogP) is 6.16. The van der Waals surface area contributed by atoms with E-state index in [1.807, 2.05) is 26.2 Å². The van der Waals surface area contributed by atoms with Crippen molar-refractivity contribution in [3.8, 4) is 6.07 Å². The second kappa shape index (κ2) is 10.0. The third-order valence-electron chi connectivity index (χ3n) is 9.00. The minimum absolute atomic E-state index is 0.0110. The molecule has 1 saturated carbocycles. The monoisotopic (exact) mass is 510 g/mol. The fraction of sp³-hybridized carbons (Fsp3) is 0.500. The van der Waals surface area contributed by atoms with Gasteiger partial charge in [0.1, 0.15) is 5.65 Å². The van der Waals surface area contributed by atoms with E-state index in [4.69, 9.17) is 4.98 Å². The molecule has 1 aromatic carbocycles. The molecule has 1 saturated heterocycles. The molecule has 3 aromatic rings. The molecule has 2 aliphatic rings. The molecule has 2 aromatic heterocycles. The number of rotatable bonds is 5. The minimum Gasteiger partial charge on any atom is -0.337 e. The number of aromatic nitrogens is 2. The first-order chi connectivity index (χ1) is 18.1. The van der Waals surface area contributed by atoms with Crippen LogP contribution in [0.1, 0.15) is 96.5 Å². The van der Waals surface area contributed by atoms with Crippen molar-refractivity contribution in [2.45, 2.75) is 84.1 Å². The van der Waals surface area contributed by atoms with Gasteiger partial charge in [0.05, 0.1) is 11.6 Å². The number of hydrogen-bond acceptors (Lipinski definition) is 4. The van der Waals surface area contributed by atoms with Crippen LogP contribution in [0.3, 0.4) is 0 Å². The van der Waals surface area contributed by atoms with Crippen molar-refractivity contribution in [1.29, 1.82) is 5.26 Å². The molecule has 3 heterocycles. The average molecular weight is 511 g/mol. The molecule has 5 rings (SSSR count). The quantitative estimate of drug-likeness (QED) is 0.385. The van der Waals surface area contributed by atoms with E-state index in [1.54, 1.807) is 12.1 Å². The maximum atomic E-state index is 13.3. The molecule has 198 valence electrons. The number of fused-ring (bicyclic) bond motifs is 1. The number of hydrogen-bond donors (Lipinski definition) is 0. The Morgan fingerprint density at radius 3 is 2.58 bits per heavy atom. The van der Waals surface area contributed by atoms with E-state index in [0.717, 1.165) is 60.0 Å². The maximum Gasteiger partial charge on any atom is 0.226 e. The number of amides is 1. The standard InChI is InChI=1S/C32H38N4O2/c1-20-10-11-23(14-25(20)17-33)28(37)15-26-18-34-30-29(21(26)2)27(19-35(30)5)24-12-13-36(32(3,4)16-24)31(38)22-8-6-7-9-22/h10-11,14,18-19,22,24H,6-9,12-13,15-16H2,1-5H3/t24-/m1/s1. The van der Waals surface area contributed by atoms with Crippen molar-refractivity contribution >= 4 is 22.7 Å². The van der Waals surface area contributed by atoms with Crippen LogP contribution in [0.2, 0.25) is 0 Å². The number of ketones is 1. The van der Waals surface area contributed by atoms with Crippen LogP contribution in [0, 0.1) is 31.1 Å². The third-order valence-corrected chi connectivity index (χ3v) is 9.00. The molecule has 0 unspecified atom stereocenters. The normalized spacial score (nSPS) is 19.6. The van der Waals surface area contributed by atoms with Gasteiger partial charge in [-0.1, -0.05) is 25.0 Å². The highest BCUT2D eigenvalue weighted by Crippen LogP contribution is 2.43. The topological polar surface area (TPSA) is 79.0 Å². The second-order valence-electron chi connectivity index (χ2n) is 12.0. The minimum atomic E-state index is -0.205. The summed E-state index contributed by atoms with van der Waals surface area (Å²) in [5, 5.41) is 10.5. The Morgan fingerprint density at radius 2 is 1.89 bits per heavy atom. The number of nitriles is 1. The first-order valence-corrected chi connectivity index (χ1v) is 13.9. The summed E-state index contributed by atoms with van der Waals surface area (Å²) >= 11 is 0. The fourth-order valence-electron chi connectivity index (χ4n) is 6.72. The zero-order valence-electron chi connectivity index (χ0n) is 23.3. The zero-order valence-corrected chi connectivity index (χ0v) is 23.3. The number of piperidine rings is 1. The molecule has 2 fully saturated rings. The van der Waals surface area contributed by atoms with Crippen LogP contribution in [-0.2, 0) is 18.3 Å². The van der Waals surface area contributed by atoms with Gasteiger partial charge in [0.25, 0.3) is 0 Å². The third kappa shape index (κ3) is 4.64. The highest BCUT2D eigenvalue weighted by Gasteiger charge is 2.41. The lowest BCUT2D eigenvalue weighted by atomic mass is 9.78. The summed E-state index contributed by atoms with van der Waals surface area (Å²) in [5.41, 5.74) is 5.96. The van der Waals surface area contributed by atoms with Crippen molar-refractivity contribution in [2.75, 3.05) is 6.54 Å². The molecule has 0 radical (unpaired) electrons. The first kappa shape index (κ1) is 26.2. The molecule has 1 aliphatic carbocycles. The fourth-order valence-corrected chi connectivity index (χ4v) is 6.72. The Labute approximate surface area is 225 Å². The van der Waals surface area contributed by atoms with Crippen molar-refractivity contribution in [2.24, 2.45) is 13.0 Å². The van der Waals surface area contributed by atoms with E-state index in [2.05, 4.69) is 42.5 Å². The summed E-state index contributed by atoms with van der Waals surface area (Å²) in [6.45, 7) is 9.17. The largest absolute Gasteiger partial charge is 0.337 e. The number of likely N-dealkylation sites (tertiary alicyclic amines) is 1. The predicted molar refractivity (Wildman–Crippen MR) is 149 cm³/mol. The van der Waals surface area contributed by atoms with Crippen molar-refractivity contribution in [1.82, 2.24) is 14.5 Å². The molecule has 1 amide bonds. The Kier molecular flexibility index (Phi) is 6.90. The lowest BCUT2D eigenvalue weighted by Gasteiger charge is -2.46. The molecule has 6 nitrogen and oxygen atoms in total. The van der Waals surface area contributed by atoms with Gasteiger partial charge < -0.3 is 9.47 Å². The summed E-state index contributed by atoms with van der Waals surface area (Å²) in [5.74, 6) is 0.858. The zero-order chi connectivity index (χ0) is 27.2. The molecule has 1 atom stereocenters. The van der Waals surface area contributed by atoms with E-state index in [-0.39, 0.29) is 23.7 Å². The van der Waals surface area contributed by atoms with E-state index in [1.165, 1.54) is 18.4 Å².